The third-order valence-corrected chi connectivity index (χ3v) is 6.64. The van der Waals surface area contributed by atoms with Crippen LogP contribution in [0.4, 0.5) is 0 Å². The summed E-state index contributed by atoms with van der Waals surface area (Å²) in [4.78, 5) is 7.30. The Kier molecular flexibility index (Phi) is 4.06. The molecular weight excluding hydrogens is 354 g/mol. The lowest BCUT2D eigenvalue weighted by molar-refractivity contribution is 0.454. The van der Waals surface area contributed by atoms with Crippen molar-refractivity contribution in [2.75, 3.05) is 13.1 Å². The van der Waals surface area contributed by atoms with Crippen molar-refractivity contribution < 1.29 is 0 Å². The Morgan fingerprint density at radius 1 is 1.15 bits per heavy atom. The maximum Gasteiger partial charge on any atom is 0.194 e. The predicted octanol–water partition coefficient (Wildman–Crippen LogP) is 4.54. The van der Waals surface area contributed by atoms with Gasteiger partial charge in [0.2, 0.25) is 0 Å². The van der Waals surface area contributed by atoms with E-state index >= 15 is 0 Å². The topological polar surface area (TPSA) is 47.1 Å². The largest absolute Gasteiger partial charge is 0.317 e. The normalized spacial score (nSPS) is 16.1. The Morgan fingerprint density at radius 3 is 2.70 bits per heavy atom. The monoisotopic (exact) mass is 379 g/mol. The second kappa shape index (κ2) is 6.46. The SMILES string of the molecule is CC(C)c1cc(-c2cn3cc(C4CCNCC4)nc3s2)cc2cn(C)nc12. The number of hydrogen-bond donors (Lipinski definition) is 1. The number of piperidine rings is 1. The summed E-state index contributed by atoms with van der Waals surface area (Å²) in [5.41, 5.74) is 4.94. The number of fused-ring (bicyclic) bond motifs is 2. The van der Waals surface area contributed by atoms with Crippen LogP contribution in [0.2, 0.25) is 0 Å². The molecule has 1 fully saturated rings. The summed E-state index contributed by atoms with van der Waals surface area (Å²) in [6.07, 6.45) is 8.95. The van der Waals surface area contributed by atoms with E-state index in [4.69, 9.17) is 4.98 Å². The quantitative estimate of drug-likeness (QED) is 0.568. The van der Waals surface area contributed by atoms with Crippen molar-refractivity contribution in [2.45, 2.75) is 38.5 Å². The number of aromatic nitrogens is 4. The Labute approximate surface area is 163 Å². The van der Waals surface area contributed by atoms with Crippen molar-refractivity contribution in [3.63, 3.8) is 0 Å². The summed E-state index contributed by atoms with van der Waals surface area (Å²) < 4.78 is 4.12. The number of nitrogens with one attached hydrogen (secondary N) is 1. The van der Waals surface area contributed by atoms with Crippen LogP contribution in [0.15, 0.2) is 30.7 Å². The van der Waals surface area contributed by atoms with Crippen molar-refractivity contribution in [3.05, 3.63) is 42.0 Å². The van der Waals surface area contributed by atoms with Crippen molar-refractivity contribution in [1.82, 2.24) is 24.5 Å². The van der Waals surface area contributed by atoms with E-state index in [2.05, 4.69) is 59.4 Å². The highest BCUT2D eigenvalue weighted by atomic mass is 32.1. The van der Waals surface area contributed by atoms with E-state index in [1.54, 1.807) is 11.3 Å². The van der Waals surface area contributed by atoms with Gasteiger partial charge in [-0.1, -0.05) is 25.2 Å². The first-order chi connectivity index (χ1) is 13.1. The van der Waals surface area contributed by atoms with E-state index in [1.807, 2.05) is 11.7 Å². The van der Waals surface area contributed by atoms with Crippen molar-refractivity contribution in [1.29, 1.82) is 0 Å². The molecule has 27 heavy (non-hydrogen) atoms. The predicted molar refractivity (Wildman–Crippen MR) is 112 cm³/mol. The Morgan fingerprint density at radius 2 is 1.96 bits per heavy atom. The first-order valence-electron chi connectivity index (χ1n) is 9.75. The van der Waals surface area contributed by atoms with Crippen LogP contribution in [0.1, 0.15) is 49.8 Å². The molecule has 0 bridgehead atoms. The summed E-state index contributed by atoms with van der Waals surface area (Å²) in [5.74, 6) is 1.04. The molecule has 1 saturated heterocycles. The fourth-order valence-electron chi connectivity index (χ4n) is 4.13. The molecule has 0 radical (unpaired) electrons. The van der Waals surface area contributed by atoms with E-state index in [0.717, 1.165) is 23.6 Å². The number of rotatable bonds is 3. The van der Waals surface area contributed by atoms with Gasteiger partial charge in [0.1, 0.15) is 0 Å². The Bertz CT molecular complexity index is 1080. The zero-order valence-corrected chi connectivity index (χ0v) is 16.9. The molecule has 0 amide bonds. The fourth-order valence-corrected chi connectivity index (χ4v) is 5.09. The molecule has 4 aromatic rings. The molecule has 0 saturated carbocycles. The average molecular weight is 380 g/mol. The van der Waals surface area contributed by atoms with Gasteiger partial charge >= 0.3 is 0 Å². The molecule has 1 aliphatic rings. The van der Waals surface area contributed by atoms with Crippen LogP contribution < -0.4 is 5.32 Å². The first kappa shape index (κ1) is 17.0. The van der Waals surface area contributed by atoms with Gasteiger partial charge in [-0.05, 0) is 55.1 Å². The summed E-state index contributed by atoms with van der Waals surface area (Å²) in [6, 6.07) is 4.56. The van der Waals surface area contributed by atoms with Crippen molar-refractivity contribution >= 4 is 27.2 Å². The molecule has 5 rings (SSSR count). The molecule has 0 atom stereocenters. The maximum absolute atomic E-state index is 4.94. The van der Waals surface area contributed by atoms with Crippen LogP contribution in [-0.4, -0.2) is 32.3 Å². The molecule has 1 aliphatic heterocycles. The molecule has 0 spiro atoms. The van der Waals surface area contributed by atoms with Crippen LogP contribution in [0, 0.1) is 0 Å². The average Bonchev–Trinajstić information content (AvgIpc) is 3.32. The molecule has 1 N–H and O–H groups in total. The standard InChI is InChI=1S/C21H25N5S/c1-13(2)17-9-15(8-16-10-25(3)24-20(16)17)19-12-26-11-18(23-21(26)27-19)14-4-6-22-7-5-14/h8-14,22H,4-7H2,1-3H3. The smallest absolute Gasteiger partial charge is 0.194 e. The number of benzene rings is 1. The van der Waals surface area contributed by atoms with Crippen LogP contribution >= 0.6 is 11.3 Å². The third-order valence-electron chi connectivity index (χ3n) is 5.59. The fraction of sp³-hybridized carbons (Fsp3) is 0.429. The number of imidazole rings is 1. The van der Waals surface area contributed by atoms with E-state index in [1.165, 1.54) is 39.9 Å². The molecule has 0 aliphatic carbocycles. The zero-order valence-electron chi connectivity index (χ0n) is 16.1. The summed E-state index contributed by atoms with van der Waals surface area (Å²) in [5, 5.41) is 9.31. The molecule has 6 heteroatoms. The van der Waals surface area contributed by atoms with E-state index in [0.29, 0.717) is 11.8 Å². The highest BCUT2D eigenvalue weighted by molar-refractivity contribution is 7.20. The maximum atomic E-state index is 4.94. The Balaban J connectivity index is 1.55. The summed E-state index contributed by atoms with van der Waals surface area (Å²) in [6.45, 7) is 6.67. The number of thiazole rings is 1. The number of nitrogens with zero attached hydrogens (tertiary/aromatic N) is 4. The lowest BCUT2D eigenvalue weighted by atomic mass is 9.95. The number of hydrogen-bond acceptors (Lipinski definition) is 4. The zero-order chi connectivity index (χ0) is 18.5. The van der Waals surface area contributed by atoms with Gasteiger partial charge in [-0.2, -0.15) is 5.10 Å². The molecule has 1 aromatic carbocycles. The van der Waals surface area contributed by atoms with Crippen LogP contribution in [0.5, 0.6) is 0 Å². The lowest BCUT2D eigenvalue weighted by Crippen LogP contribution is -2.26. The number of aryl methyl sites for hydroxylation is 1. The van der Waals surface area contributed by atoms with E-state index < -0.39 is 0 Å². The molecule has 5 nitrogen and oxygen atoms in total. The van der Waals surface area contributed by atoms with Gasteiger partial charge in [0, 0.05) is 36.9 Å². The minimum atomic E-state index is 0.443. The second-order valence-electron chi connectivity index (χ2n) is 7.94. The first-order valence-corrected chi connectivity index (χ1v) is 10.6. The highest BCUT2D eigenvalue weighted by Gasteiger charge is 2.20. The lowest BCUT2D eigenvalue weighted by Gasteiger charge is -2.20. The third kappa shape index (κ3) is 2.97. The minimum absolute atomic E-state index is 0.443. The van der Waals surface area contributed by atoms with Crippen LogP contribution in [-0.2, 0) is 7.05 Å². The van der Waals surface area contributed by atoms with Crippen molar-refractivity contribution in [2.24, 2.45) is 7.05 Å². The van der Waals surface area contributed by atoms with E-state index in [9.17, 15) is 0 Å². The molecule has 4 heterocycles. The summed E-state index contributed by atoms with van der Waals surface area (Å²) >= 11 is 1.78. The highest BCUT2D eigenvalue weighted by Crippen LogP contribution is 2.35. The van der Waals surface area contributed by atoms with Gasteiger partial charge < -0.3 is 5.32 Å². The summed E-state index contributed by atoms with van der Waals surface area (Å²) in [7, 11) is 1.99. The van der Waals surface area contributed by atoms with Gasteiger partial charge in [-0.25, -0.2) is 4.98 Å². The van der Waals surface area contributed by atoms with Gasteiger partial charge in [-0.15, -0.1) is 0 Å². The van der Waals surface area contributed by atoms with Crippen LogP contribution in [0.3, 0.4) is 0 Å². The van der Waals surface area contributed by atoms with Gasteiger partial charge in [0.25, 0.3) is 0 Å². The molecule has 3 aromatic heterocycles. The minimum Gasteiger partial charge on any atom is -0.317 e. The van der Waals surface area contributed by atoms with E-state index in [-0.39, 0.29) is 0 Å². The molecule has 140 valence electrons. The molecule has 0 unspecified atom stereocenters. The van der Waals surface area contributed by atoms with Gasteiger partial charge in [-0.3, -0.25) is 9.08 Å². The molecular formula is C21H25N5S. The van der Waals surface area contributed by atoms with Crippen LogP contribution in [0.25, 0.3) is 26.3 Å². The van der Waals surface area contributed by atoms with Gasteiger partial charge in [0.05, 0.1) is 16.1 Å². The Hall–Kier alpha value is -2.18. The second-order valence-corrected chi connectivity index (χ2v) is 8.95. The van der Waals surface area contributed by atoms with Crippen molar-refractivity contribution in [3.8, 4) is 10.4 Å². The van der Waals surface area contributed by atoms with Gasteiger partial charge in [0.15, 0.2) is 4.96 Å².